The lowest BCUT2D eigenvalue weighted by Crippen LogP contribution is -2.28. The highest BCUT2D eigenvalue weighted by molar-refractivity contribution is 6.28. The van der Waals surface area contributed by atoms with Gasteiger partial charge >= 0.3 is 0 Å². The van der Waals surface area contributed by atoms with Crippen molar-refractivity contribution in [2.75, 3.05) is 14.2 Å². The summed E-state index contributed by atoms with van der Waals surface area (Å²) in [6.07, 6.45) is 0. The molecule has 102 valence electrons. The number of methoxy groups -OCH3 is 2. The maximum absolute atomic E-state index is 5.78. The lowest BCUT2D eigenvalue weighted by molar-refractivity contribution is 0.353. The number of nitrogens with two attached hydrogens (primary N) is 1. The molecule has 1 aromatic carbocycles. The second-order valence-corrected chi connectivity index (χ2v) is 4.23. The van der Waals surface area contributed by atoms with Crippen LogP contribution in [0.3, 0.4) is 0 Å². The first kappa shape index (κ1) is 13.7. The molecule has 0 radical (unpaired) electrons. The van der Waals surface area contributed by atoms with Gasteiger partial charge in [-0.2, -0.15) is 0 Å². The molecule has 0 fully saturated rings. The van der Waals surface area contributed by atoms with E-state index in [9.17, 15) is 0 Å². The second kappa shape index (κ2) is 5.97. The molecule has 2 rings (SSSR count). The Bertz CT molecular complexity index is 557. The molecule has 1 aromatic heterocycles. The standard InChI is InChI=1S/C13H15ClN2O3/c1-17-9-4-3-8(7-11(9)18-2)13(16-15)10-5-6-12(14)19-10/h3-7,13,16H,15H2,1-2H3. The van der Waals surface area contributed by atoms with E-state index in [1.807, 2.05) is 18.2 Å². The van der Waals surface area contributed by atoms with Crippen LogP contribution in [-0.4, -0.2) is 14.2 Å². The van der Waals surface area contributed by atoms with Crippen LogP contribution in [0.2, 0.25) is 5.22 Å². The summed E-state index contributed by atoms with van der Waals surface area (Å²) in [5.41, 5.74) is 3.57. The number of benzene rings is 1. The molecule has 0 bridgehead atoms. The Morgan fingerprint density at radius 2 is 1.89 bits per heavy atom. The van der Waals surface area contributed by atoms with Crippen molar-refractivity contribution in [1.29, 1.82) is 0 Å². The Kier molecular flexibility index (Phi) is 4.31. The summed E-state index contributed by atoms with van der Waals surface area (Å²) >= 11 is 5.78. The van der Waals surface area contributed by atoms with Gasteiger partial charge in [-0.3, -0.25) is 5.84 Å². The fourth-order valence-electron chi connectivity index (χ4n) is 1.86. The van der Waals surface area contributed by atoms with Crippen molar-refractivity contribution in [2.45, 2.75) is 6.04 Å². The van der Waals surface area contributed by atoms with Crippen molar-refractivity contribution in [1.82, 2.24) is 5.43 Å². The van der Waals surface area contributed by atoms with Crippen LogP contribution in [0.1, 0.15) is 17.4 Å². The van der Waals surface area contributed by atoms with Crippen molar-refractivity contribution in [2.24, 2.45) is 5.84 Å². The minimum absolute atomic E-state index is 0.313. The van der Waals surface area contributed by atoms with Crippen LogP contribution >= 0.6 is 11.6 Å². The van der Waals surface area contributed by atoms with E-state index in [0.717, 1.165) is 5.56 Å². The van der Waals surface area contributed by atoms with E-state index in [1.54, 1.807) is 26.4 Å². The maximum Gasteiger partial charge on any atom is 0.193 e. The third-order valence-electron chi connectivity index (χ3n) is 2.79. The average Bonchev–Trinajstić information content (AvgIpc) is 2.86. The summed E-state index contributed by atoms with van der Waals surface area (Å²) in [5, 5.41) is 0.315. The van der Waals surface area contributed by atoms with Crippen molar-refractivity contribution in [3.8, 4) is 11.5 Å². The predicted molar refractivity (Wildman–Crippen MR) is 72.4 cm³/mol. The molecule has 1 unspecified atom stereocenters. The number of ether oxygens (including phenoxy) is 2. The van der Waals surface area contributed by atoms with Gasteiger partial charge in [0.15, 0.2) is 16.7 Å². The average molecular weight is 283 g/mol. The first-order valence-corrected chi connectivity index (χ1v) is 6.00. The monoisotopic (exact) mass is 282 g/mol. The van der Waals surface area contributed by atoms with Gasteiger partial charge in [0, 0.05) is 0 Å². The number of nitrogens with one attached hydrogen (secondary N) is 1. The number of hydrogen-bond donors (Lipinski definition) is 2. The van der Waals surface area contributed by atoms with E-state index in [1.165, 1.54) is 0 Å². The second-order valence-electron chi connectivity index (χ2n) is 3.86. The summed E-state index contributed by atoms with van der Waals surface area (Å²) in [6.45, 7) is 0. The minimum atomic E-state index is -0.313. The molecular formula is C13H15ClN2O3. The van der Waals surface area contributed by atoms with Gasteiger partial charge in [0.1, 0.15) is 11.8 Å². The van der Waals surface area contributed by atoms with E-state index in [2.05, 4.69) is 5.43 Å². The molecule has 1 atom stereocenters. The number of furan rings is 1. The molecule has 6 heteroatoms. The third-order valence-corrected chi connectivity index (χ3v) is 2.99. The molecule has 0 amide bonds. The van der Waals surface area contributed by atoms with Crippen LogP contribution in [0, 0.1) is 0 Å². The summed E-state index contributed by atoms with van der Waals surface area (Å²) < 4.78 is 15.8. The molecule has 0 aliphatic heterocycles. The topological polar surface area (TPSA) is 69.7 Å². The Balaban J connectivity index is 2.38. The zero-order valence-electron chi connectivity index (χ0n) is 10.6. The van der Waals surface area contributed by atoms with Crippen LogP contribution < -0.4 is 20.7 Å². The summed E-state index contributed by atoms with van der Waals surface area (Å²) in [4.78, 5) is 0. The minimum Gasteiger partial charge on any atom is -0.493 e. The van der Waals surface area contributed by atoms with Gasteiger partial charge in [-0.15, -0.1) is 0 Å². The third kappa shape index (κ3) is 2.84. The predicted octanol–water partition coefficient (Wildman–Crippen LogP) is 2.50. The van der Waals surface area contributed by atoms with Crippen LogP contribution in [0.5, 0.6) is 11.5 Å². The van der Waals surface area contributed by atoms with E-state index in [-0.39, 0.29) is 6.04 Å². The van der Waals surface area contributed by atoms with E-state index < -0.39 is 0 Å². The van der Waals surface area contributed by atoms with Gasteiger partial charge in [0.05, 0.1) is 14.2 Å². The number of rotatable bonds is 5. The summed E-state index contributed by atoms with van der Waals surface area (Å²) in [7, 11) is 3.17. The van der Waals surface area contributed by atoms with Gasteiger partial charge in [0.25, 0.3) is 0 Å². The Labute approximate surface area is 116 Å². The molecule has 0 aliphatic carbocycles. The lowest BCUT2D eigenvalue weighted by atomic mass is 10.0. The number of hydrazine groups is 1. The van der Waals surface area contributed by atoms with Crippen LogP contribution in [-0.2, 0) is 0 Å². The molecule has 0 saturated carbocycles. The SMILES string of the molecule is COc1ccc(C(NN)c2ccc(Cl)o2)cc1OC. The first-order valence-electron chi connectivity index (χ1n) is 5.63. The fraction of sp³-hybridized carbons (Fsp3) is 0.231. The quantitative estimate of drug-likeness (QED) is 0.651. The zero-order valence-corrected chi connectivity index (χ0v) is 11.4. The molecular weight excluding hydrogens is 268 g/mol. The van der Waals surface area contributed by atoms with Gasteiger partial charge < -0.3 is 13.9 Å². The van der Waals surface area contributed by atoms with Crippen molar-refractivity contribution in [3.63, 3.8) is 0 Å². The molecule has 2 aromatic rings. The Hall–Kier alpha value is -1.69. The molecule has 5 nitrogen and oxygen atoms in total. The number of hydrogen-bond acceptors (Lipinski definition) is 5. The van der Waals surface area contributed by atoms with Crippen molar-refractivity contribution >= 4 is 11.6 Å². The van der Waals surface area contributed by atoms with Crippen LogP contribution in [0.4, 0.5) is 0 Å². The van der Waals surface area contributed by atoms with Gasteiger partial charge in [-0.25, -0.2) is 5.43 Å². The zero-order chi connectivity index (χ0) is 13.8. The molecule has 0 spiro atoms. The van der Waals surface area contributed by atoms with Gasteiger partial charge in [-0.05, 0) is 41.4 Å². The fourth-order valence-corrected chi connectivity index (χ4v) is 2.01. The largest absolute Gasteiger partial charge is 0.493 e. The molecule has 19 heavy (non-hydrogen) atoms. The van der Waals surface area contributed by atoms with Gasteiger partial charge in [-0.1, -0.05) is 6.07 Å². The lowest BCUT2D eigenvalue weighted by Gasteiger charge is -2.16. The molecule has 0 saturated heterocycles. The van der Waals surface area contributed by atoms with Crippen LogP contribution in [0.15, 0.2) is 34.7 Å². The van der Waals surface area contributed by atoms with E-state index >= 15 is 0 Å². The van der Waals surface area contributed by atoms with Crippen molar-refractivity contribution < 1.29 is 13.9 Å². The molecule has 1 heterocycles. The Morgan fingerprint density at radius 1 is 1.16 bits per heavy atom. The maximum atomic E-state index is 5.78. The van der Waals surface area contributed by atoms with E-state index in [4.69, 9.17) is 31.3 Å². The van der Waals surface area contributed by atoms with Crippen LogP contribution in [0.25, 0.3) is 0 Å². The molecule has 0 aliphatic rings. The first-order chi connectivity index (χ1) is 9.19. The highest BCUT2D eigenvalue weighted by atomic mass is 35.5. The normalized spacial score (nSPS) is 12.2. The summed E-state index contributed by atoms with van der Waals surface area (Å²) in [5.74, 6) is 7.48. The smallest absolute Gasteiger partial charge is 0.193 e. The Morgan fingerprint density at radius 3 is 2.42 bits per heavy atom. The van der Waals surface area contributed by atoms with Gasteiger partial charge in [0.2, 0.25) is 0 Å². The van der Waals surface area contributed by atoms with E-state index in [0.29, 0.717) is 22.5 Å². The van der Waals surface area contributed by atoms with Crippen molar-refractivity contribution in [3.05, 3.63) is 46.9 Å². The number of halogens is 1. The highest BCUT2D eigenvalue weighted by Gasteiger charge is 2.18. The molecule has 3 N–H and O–H groups in total. The highest BCUT2D eigenvalue weighted by Crippen LogP contribution is 2.32. The summed E-state index contributed by atoms with van der Waals surface area (Å²) in [6, 6.07) is 8.64.